The second-order valence-corrected chi connectivity index (χ2v) is 6.65. The maximum absolute atomic E-state index is 9.62. The van der Waals surface area contributed by atoms with Gasteiger partial charge in [-0.05, 0) is 38.2 Å². The standard InChI is InChI=1S/C13H22N2O/c1-11(2,3)15-7-10(6-14-15)13(9-16)8-12(13,4)5/h6-7,16H,8-9H2,1-5H3. The molecule has 0 aliphatic heterocycles. The number of nitrogens with zero attached hydrogens (tertiary/aromatic N) is 2. The first-order chi connectivity index (χ1) is 7.23. The maximum atomic E-state index is 9.62. The van der Waals surface area contributed by atoms with Crippen LogP contribution in [0.1, 0.15) is 46.6 Å². The molecule has 0 bridgehead atoms. The van der Waals surface area contributed by atoms with Gasteiger partial charge >= 0.3 is 0 Å². The molecule has 1 aromatic rings. The van der Waals surface area contributed by atoms with Gasteiger partial charge < -0.3 is 5.11 Å². The molecule has 1 N–H and O–H groups in total. The van der Waals surface area contributed by atoms with Gasteiger partial charge in [0, 0.05) is 11.6 Å². The summed E-state index contributed by atoms with van der Waals surface area (Å²) in [7, 11) is 0. The lowest BCUT2D eigenvalue weighted by molar-refractivity contribution is 0.231. The zero-order valence-corrected chi connectivity index (χ0v) is 10.9. The molecular weight excluding hydrogens is 200 g/mol. The van der Waals surface area contributed by atoms with E-state index >= 15 is 0 Å². The Balaban J connectivity index is 2.33. The molecule has 90 valence electrons. The second-order valence-electron chi connectivity index (χ2n) is 6.65. The zero-order chi connectivity index (χ0) is 12.2. The average molecular weight is 222 g/mol. The van der Waals surface area contributed by atoms with E-state index < -0.39 is 0 Å². The molecule has 1 aromatic heterocycles. The van der Waals surface area contributed by atoms with Crippen molar-refractivity contribution in [1.29, 1.82) is 0 Å². The summed E-state index contributed by atoms with van der Waals surface area (Å²) in [6, 6.07) is 0. The minimum Gasteiger partial charge on any atom is -0.395 e. The summed E-state index contributed by atoms with van der Waals surface area (Å²) >= 11 is 0. The summed E-state index contributed by atoms with van der Waals surface area (Å²) in [6.45, 7) is 11.0. The van der Waals surface area contributed by atoms with E-state index in [-0.39, 0.29) is 23.0 Å². The van der Waals surface area contributed by atoms with Crippen LogP contribution in [0, 0.1) is 5.41 Å². The second kappa shape index (κ2) is 3.10. The van der Waals surface area contributed by atoms with Gasteiger partial charge in [0.05, 0.1) is 18.3 Å². The summed E-state index contributed by atoms with van der Waals surface area (Å²) in [6.07, 6.45) is 5.05. The van der Waals surface area contributed by atoms with E-state index in [0.29, 0.717) is 0 Å². The molecule has 0 aromatic carbocycles. The highest BCUT2D eigenvalue weighted by molar-refractivity contribution is 5.34. The zero-order valence-electron chi connectivity index (χ0n) is 10.9. The first-order valence-corrected chi connectivity index (χ1v) is 5.89. The SMILES string of the molecule is CC(C)(C)n1cc(C2(CO)CC2(C)C)cn1. The summed E-state index contributed by atoms with van der Waals surface area (Å²) in [5, 5.41) is 14.0. The molecule has 16 heavy (non-hydrogen) atoms. The lowest BCUT2D eigenvalue weighted by Crippen LogP contribution is -2.23. The summed E-state index contributed by atoms with van der Waals surface area (Å²) < 4.78 is 1.98. The lowest BCUT2D eigenvalue weighted by Gasteiger charge is -2.20. The maximum Gasteiger partial charge on any atom is 0.0543 e. The van der Waals surface area contributed by atoms with E-state index in [0.717, 1.165) is 6.42 Å². The number of hydrogen-bond acceptors (Lipinski definition) is 2. The molecule has 1 atom stereocenters. The average Bonchev–Trinajstić information content (AvgIpc) is 2.59. The van der Waals surface area contributed by atoms with Crippen molar-refractivity contribution in [1.82, 2.24) is 9.78 Å². The molecule has 0 saturated heterocycles. The fraction of sp³-hybridized carbons (Fsp3) is 0.769. The van der Waals surface area contributed by atoms with Crippen molar-refractivity contribution in [3.05, 3.63) is 18.0 Å². The van der Waals surface area contributed by atoms with E-state index in [1.54, 1.807) is 0 Å². The smallest absolute Gasteiger partial charge is 0.0543 e. The van der Waals surface area contributed by atoms with Crippen molar-refractivity contribution >= 4 is 0 Å². The largest absolute Gasteiger partial charge is 0.395 e. The molecule has 1 heterocycles. The molecule has 3 heteroatoms. The Kier molecular flexibility index (Phi) is 2.26. The van der Waals surface area contributed by atoms with Crippen molar-refractivity contribution in [2.24, 2.45) is 5.41 Å². The number of rotatable bonds is 2. The van der Waals surface area contributed by atoms with Gasteiger partial charge in [0.2, 0.25) is 0 Å². The summed E-state index contributed by atoms with van der Waals surface area (Å²) in [5.41, 5.74) is 1.33. The summed E-state index contributed by atoms with van der Waals surface area (Å²) in [5.74, 6) is 0. The van der Waals surface area contributed by atoms with Crippen LogP contribution in [0.4, 0.5) is 0 Å². The van der Waals surface area contributed by atoms with Gasteiger partial charge in [-0.2, -0.15) is 5.10 Å². The van der Waals surface area contributed by atoms with E-state index in [1.807, 2.05) is 10.9 Å². The first-order valence-electron chi connectivity index (χ1n) is 5.89. The van der Waals surface area contributed by atoms with Gasteiger partial charge in [-0.25, -0.2) is 0 Å². The molecule has 2 rings (SSSR count). The van der Waals surface area contributed by atoms with E-state index in [4.69, 9.17) is 0 Å². The number of aromatic nitrogens is 2. The molecule has 1 saturated carbocycles. The van der Waals surface area contributed by atoms with Crippen LogP contribution in [0.5, 0.6) is 0 Å². The quantitative estimate of drug-likeness (QED) is 0.833. The third kappa shape index (κ3) is 1.49. The van der Waals surface area contributed by atoms with Gasteiger partial charge in [0.15, 0.2) is 0 Å². The Bertz CT molecular complexity index is 400. The molecular formula is C13H22N2O. The minimum absolute atomic E-state index is 0.00787. The molecule has 0 radical (unpaired) electrons. The van der Waals surface area contributed by atoms with Crippen LogP contribution in [0.15, 0.2) is 12.4 Å². The van der Waals surface area contributed by atoms with Crippen LogP contribution < -0.4 is 0 Å². The molecule has 1 fully saturated rings. The van der Waals surface area contributed by atoms with Gasteiger partial charge in [-0.3, -0.25) is 4.68 Å². The van der Waals surface area contributed by atoms with Crippen LogP contribution in [0.2, 0.25) is 0 Å². The Morgan fingerprint density at radius 2 is 2.00 bits per heavy atom. The van der Waals surface area contributed by atoms with Crippen LogP contribution in [0.3, 0.4) is 0 Å². The molecule has 1 unspecified atom stereocenters. The van der Waals surface area contributed by atoms with Gasteiger partial charge in [-0.1, -0.05) is 13.8 Å². The van der Waals surface area contributed by atoms with Crippen LogP contribution in [0.25, 0.3) is 0 Å². The highest BCUT2D eigenvalue weighted by Gasteiger charge is 2.62. The minimum atomic E-state index is -0.0590. The third-order valence-corrected chi connectivity index (χ3v) is 4.01. The third-order valence-electron chi connectivity index (χ3n) is 4.01. The lowest BCUT2D eigenvalue weighted by atomic mass is 9.91. The number of hydrogen-bond donors (Lipinski definition) is 1. The normalized spacial score (nSPS) is 28.1. The summed E-state index contributed by atoms with van der Waals surface area (Å²) in [4.78, 5) is 0. The van der Waals surface area contributed by atoms with Crippen LogP contribution >= 0.6 is 0 Å². The Morgan fingerprint density at radius 1 is 1.44 bits per heavy atom. The highest BCUT2D eigenvalue weighted by Crippen LogP contribution is 2.63. The monoisotopic (exact) mass is 222 g/mol. The molecule has 1 aliphatic carbocycles. The number of aliphatic hydroxyl groups excluding tert-OH is 1. The fourth-order valence-electron chi connectivity index (χ4n) is 2.50. The Labute approximate surface area is 97.5 Å². The van der Waals surface area contributed by atoms with Gasteiger partial charge in [0.25, 0.3) is 0 Å². The van der Waals surface area contributed by atoms with E-state index in [9.17, 15) is 5.11 Å². The predicted octanol–water partition coefficient (Wildman–Crippen LogP) is 2.30. The van der Waals surface area contributed by atoms with Crippen LogP contribution in [-0.2, 0) is 11.0 Å². The highest BCUT2D eigenvalue weighted by atomic mass is 16.3. The van der Waals surface area contributed by atoms with Gasteiger partial charge in [-0.15, -0.1) is 0 Å². The number of aliphatic hydroxyl groups is 1. The van der Waals surface area contributed by atoms with Crippen molar-refractivity contribution in [3.8, 4) is 0 Å². The van der Waals surface area contributed by atoms with Crippen molar-refractivity contribution in [2.45, 2.75) is 52.0 Å². The first kappa shape index (κ1) is 11.6. The van der Waals surface area contributed by atoms with E-state index in [1.165, 1.54) is 5.56 Å². The van der Waals surface area contributed by atoms with E-state index in [2.05, 4.69) is 45.9 Å². The fourth-order valence-corrected chi connectivity index (χ4v) is 2.50. The Hall–Kier alpha value is -0.830. The molecule has 0 amide bonds. The van der Waals surface area contributed by atoms with Gasteiger partial charge in [0.1, 0.15) is 0 Å². The van der Waals surface area contributed by atoms with Crippen molar-refractivity contribution in [2.75, 3.05) is 6.61 Å². The van der Waals surface area contributed by atoms with Crippen LogP contribution in [-0.4, -0.2) is 21.5 Å². The molecule has 1 aliphatic rings. The molecule has 0 spiro atoms. The van der Waals surface area contributed by atoms with Crippen molar-refractivity contribution in [3.63, 3.8) is 0 Å². The predicted molar refractivity (Wildman–Crippen MR) is 64.4 cm³/mol. The topological polar surface area (TPSA) is 38.0 Å². The Morgan fingerprint density at radius 3 is 2.31 bits per heavy atom. The molecule has 3 nitrogen and oxygen atoms in total. The van der Waals surface area contributed by atoms with Crippen molar-refractivity contribution < 1.29 is 5.11 Å².